The fourth-order valence-corrected chi connectivity index (χ4v) is 4.80. The lowest BCUT2D eigenvalue weighted by atomic mass is 9.77. The number of ether oxygens (including phenoxy) is 1. The van der Waals surface area contributed by atoms with Crippen molar-refractivity contribution >= 4 is 11.8 Å². The molecule has 2 amide bonds. The highest BCUT2D eigenvalue weighted by Gasteiger charge is 2.54. The molecule has 0 radical (unpaired) electrons. The van der Waals surface area contributed by atoms with Gasteiger partial charge in [-0.15, -0.1) is 0 Å². The molecule has 3 aliphatic rings. The van der Waals surface area contributed by atoms with Crippen LogP contribution in [-0.2, 0) is 9.59 Å². The van der Waals surface area contributed by atoms with Gasteiger partial charge in [0.05, 0.1) is 6.04 Å². The first kappa shape index (κ1) is 18.3. The summed E-state index contributed by atoms with van der Waals surface area (Å²) in [5, 5.41) is 0. The van der Waals surface area contributed by atoms with Crippen LogP contribution in [0, 0.1) is 12.3 Å². The van der Waals surface area contributed by atoms with Crippen LogP contribution >= 0.6 is 0 Å². The molecule has 0 N–H and O–H groups in total. The van der Waals surface area contributed by atoms with Crippen LogP contribution in [0.25, 0.3) is 0 Å². The maximum Gasteiger partial charge on any atom is 0.260 e. The van der Waals surface area contributed by atoms with Gasteiger partial charge in [-0.3, -0.25) is 14.5 Å². The van der Waals surface area contributed by atoms with Crippen molar-refractivity contribution in [1.29, 1.82) is 0 Å². The predicted molar refractivity (Wildman–Crippen MR) is 103 cm³/mol. The zero-order valence-corrected chi connectivity index (χ0v) is 16.3. The Bertz CT molecular complexity index is 723. The summed E-state index contributed by atoms with van der Waals surface area (Å²) < 4.78 is 5.64. The lowest BCUT2D eigenvalue weighted by molar-refractivity contribution is -0.145. The maximum absolute atomic E-state index is 12.8. The first-order chi connectivity index (χ1) is 13.0. The van der Waals surface area contributed by atoms with E-state index in [2.05, 4.69) is 4.90 Å². The average Bonchev–Trinajstić information content (AvgIpc) is 3.26. The van der Waals surface area contributed by atoms with Crippen molar-refractivity contribution in [2.24, 2.45) is 5.41 Å². The summed E-state index contributed by atoms with van der Waals surface area (Å²) in [5.74, 6) is 1.04. The van der Waals surface area contributed by atoms with Crippen molar-refractivity contribution in [2.75, 3.05) is 46.4 Å². The Morgan fingerprint density at radius 3 is 2.59 bits per heavy atom. The summed E-state index contributed by atoms with van der Waals surface area (Å²) in [6.45, 7) is 6.23. The first-order valence-corrected chi connectivity index (χ1v) is 9.92. The quantitative estimate of drug-likeness (QED) is 0.806. The SMILES string of the molecule is Cc1cccc(OCC(=O)N2CC3(CC(C(=O)N4CCCC4)N(C)C3)C2)c1. The average molecular weight is 371 g/mol. The third-order valence-corrected chi connectivity index (χ3v) is 6.20. The highest BCUT2D eigenvalue weighted by molar-refractivity contribution is 5.83. The Balaban J connectivity index is 1.28. The Hall–Kier alpha value is -2.08. The molecule has 3 saturated heterocycles. The van der Waals surface area contributed by atoms with E-state index < -0.39 is 0 Å². The summed E-state index contributed by atoms with van der Waals surface area (Å²) in [5.41, 5.74) is 1.19. The third kappa shape index (κ3) is 3.68. The van der Waals surface area contributed by atoms with Gasteiger partial charge in [-0.2, -0.15) is 0 Å². The Morgan fingerprint density at radius 2 is 1.89 bits per heavy atom. The zero-order valence-electron chi connectivity index (χ0n) is 16.3. The Labute approximate surface area is 161 Å². The van der Waals surface area contributed by atoms with Gasteiger partial charge in [0.15, 0.2) is 6.61 Å². The second kappa shape index (κ2) is 7.15. The number of hydrogen-bond acceptors (Lipinski definition) is 4. The fraction of sp³-hybridized carbons (Fsp3) is 0.619. The number of amides is 2. The summed E-state index contributed by atoms with van der Waals surface area (Å²) >= 11 is 0. The van der Waals surface area contributed by atoms with Crippen molar-refractivity contribution in [1.82, 2.24) is 14.7 Å². The van der Waals surface area contributed by atoms with Crippen LogP contribution in [0.1, 0.15) is 24.8 Å². The zero-order chi connectivity index (χ0) is 19.0. The molecule has 1 spiro atoms. The van der Waals surface area contributed by atoms with E-state index in [1.165, 1.54) is 0 Å². The number of nitrogens with zero attached hydrogens (tertiary/aromatic N) is 3. The minimum Gasteiger partial charge on any atom is -0.484 e. The number of likely N-dealkylation sites (N-methyl/N-ethyl adjacent to an activating group) is 1. The molecule has 0 bridgehead atoms. The molecule has 146 valence electrons. The summed E-state index contributed by atoms with van der Waals surface area (Å²) in [6, 6.07) is 7.72. The molecular formula is C21H29N3O3. The molecule has 3 heterocycles. The molecule has 1 unspecified atom stereocenters. The van der Waals surface area contributed by atoms with Crippen molar-refractivity contribution in [3.63, 3.8) is 0 Å². The van der Waals surface area contributed by atoms with Gasteiger partial charge >= 0.3 is 0 Å². The molecule has 3 fully saturated rings. The van der Waals surface area contributed by atoms with E-state index >= 15 is 0 Å². The van der Waals surface area contributed by atoms with E-state index in [9.17, 15) is 9.59 Å². The Kier molecular flexibility index (Phi) is 4.84. The normalized spacial score (nSPS) is 24.3. The standard InChI is InChI=1S/C21H29N3O3/c1-16-6-5-7-17(10-16)27-12-19(25)24-14-21(15-24)11-18(22(2)13-21)20(26)23-8-3-4-9-23/h5-7,10,18H,3-4,8-9,11-15H2,1-2H3. The minimum absolute atomic E-state index is 0.0242. The Morgan fingerprint density at radius 1 is 1.15 bits per heavy atom. The molecule has 0 saturated carbocycles. The van der Waals surface area contributed by atoms with Gasteiger partial charge in [-0.05, 0) is 50.9 Å². The molecular weight excluding hydrogens is 342 g/mol. The molecule has 6 nitrogen and oxygen atoms in total. The van der Waals surface area contributed by atoms with Crippen LogP contribution in [0.15, 0.2) is 24.3 Å². The van der Waals surface area contributed by atoms with Crippen LogP contribution < -0.4 is 4.74 Å². The molecule has 3 aliphatic heterocycles. The molecule has 0 aliphatic carbocycles. The number of benzene rings is 1. The van der Waals surface area contributed by atoms with E-state index in [-0.39, 0.29) is 29.9 Å². The number of aryl methyl sites for hydroxylation is 1. The number of rotatable bonds is 4. The highest BCUT2D eigenvalue weighted by Crippen LogP contribution is 2.42. The molecule has 6 heteroatoms. The van der Waals surface area contributed by atoms with E-state index in [4.69, 9.17) is 4.74 Å². The molecule has 1 atom stereocenters. The first-order valence-electron chi connectivity index (χ1n) is 9.92. The van der Waals surface area contributed by atoms with Gasteiger partial charge in [0.1, 0.15) is 5.75 Å². The predicted octanol–water partition coefficient (Wildman–Crippen LogP) is 1.53. The number of likely N-dealkylation sites (tertiary alicyclic amines) is 3. The van der Waals surface area contributed by atoms with Crippen LogP contribution in [0.2, 0.25) is 0 Å². The number of hydrogen-bond donors (Lipinski definition) is 0. The van der Waals surface area contributed by atoms with E-state index in [1.54, 1.807) is 0 Å². The summed E-state index contributed by atoms with van der Waals surface area (Å²) in [6.07, 6.45) is 3.11. The van der Waals surface area contributed by atoms with Crippen molar-refractivity contribution in [3.8, 4) is 5.75 Å². The second-order valence-electron chi connectivity index (χ2n) is 8.52. The monoisotopic (exact) mass is 371 g/mol. The molecule has 4 rings (SSSR count). The van der Waals surface area contributed by atoms with Crippen LogP contribution in [0.3, 0.4) is 0 Å². The summed E-state index contributed by atoms with van der Waals surface area (Å²) in [7, 11) is 2.04. The topological polar surface area (TPSA) is 53.1 Å². The van der Waals surface area contributed by atoms with Crippen LogP contribution in [-0.4, -0.2) is 78.9 Å². The van der Waals surface area contributed by atoms with Crippen molar-refractivity contribution in [3.05, 3.63) is 29.8 Å². The molecule has 27 heavy (non-hydrogen) atoms. The minimum atomic E-state index is -0.0242. The van der Waals surface area contributed by atoms with Gasteiger partial charge in [0.2, 0.25) is 5.91 Å². The molecule has 1 aromatic rings. The summed E-state index contributed by atoms with van der Waals surface area (Å²) in [4.78, 5) is 31.3. The van der Waals surface area contributed by atoms with E-state index in [0.717, 1.165) is 63.3 Å². The maximum atomic E-state index is 12.8. The van der Waals surface area contributed by atoms with Crippen molar-refractivity contribution in [2.45, 2.75) is 32.2 Å². The lowest BCUT2D eigenvalue weighted by Crippen LogP contribution is -2.60. The third-order valence-electron chi connectivity index (χ3n) is 6.20. The largest absolute Gasteiger partial charge is 0.484 e. The lowest BCUT2D eigenvalue weighted by Gasteiger charge is -2.48. The van der Waals surface area contributed by atoms with Gasteiger partial charge < -0.3 is 14.5 Å². The second-order valence-corrected chi connectivity index (χ2v) is 8.52. The highest BCUT2D eigenvalue weighted by atomic mass is 16.5. The van der Waals surface area contributed by atoms with Gasteiger partial charge in [-0.1, -0.05) is 12.1 Å². The van der Waals surface area contributed by atoms with Crippen LogP contribution in [0.5, 0.6) is 5.75 Å². The van der Waals surface area contributed by atoms with Gasteiger partial charge in [0.25, 0.3) is 5.91 Å². The smallest absolute Gasteiger partial charge is 0.260 e. The molecule has 1 aromatic carbocycles. The van der Waals surface area contributed by atoms with E-state index in [1.807, 2.05) is 48.0 Å². The fourth-order valence-electron chi connectivity index (χ4n) is 4.80. The van der Waals surface area contributed by atoms with Crippen LogP contribution in [0.4, 0.5) is 0 Å². The molecule has 0 aromatic heterocycles. The van der Waals surface area contributed by atoms with Crippen molar-refractivity contribution < 1.29 is 14.3 Å². The van der Waals surface area contributed by atoms with Gasteiger partial charge in [0, 0.05) is 38.1 Å². The van der Waals surface area contributed by atoms with E-state index in [0.29, 0.717) is 0 Å². The number of carbonyl (C=O) groups excluding carboxylic acids is 2. The number of carbonyl (C=O) groups is 2. The van der Waals surface area contributed by atoms with Gasteiger partial charge in [-0.25, -0.2) is 0 Å².